The molecule has 1 atom stereocenters. The molecule has 0 spiro atoms. The second-order valence-electron chi connectivity index (χ2n) is 6.73. The molecule has 0 radical (unpaired) electrons. The maximum absolute atomic E-state index is 3.72. The smallest absolute Gasteiger partial charge is 0.0402 e. The van der Waals surface area contributed by atoms with Gasteiger partial charge in [0.05, 0.1) is 0 Å². The van der Waals surface area contributed by atoms with Crippen molar-refractivity contribution in [2.45, 2.75) is 52.0 Å². The van der Waals surface area contributed by atoms with Crippen LogP contribution in [0.1, 0.15) is 44.2 Å². The van der Waals surface area contributed by atoms with Crippen molar-refractivity contribution in [3.63, 3.8) is 0 Å². The van der Waals surface area contributed by atoms with Gasteiger partial charge in [0.2, 0.25) is 0 Å². The van der Waals surface area contributed by atoms with Crippen LogP contribution >= 0.6 is 0 Å². The van der Waals surface area contributed by atoms with E-state index in [4.69, 9.17) is 0 Å². The van der Waals surface area contributed by atoms with Crippen LogP contribution in [0.15, 0.2) is 18.2 Å². The molecule has 1 saturated heterocycles. The monoisotopic (exact) mass is 272 g/mol. The van der Waals surface area contributed by atoms with E-state index in [9.17, 15) is 0 Å². The minimum absolute atomic E-state index is 0.622. The zero-order valence-electron chi connectivity index (χ0n) is 13.0. The number of hydrogen-bond donors (Lipinski definition) is 1. The maximum atomic E-state index is 3.72. The number of nitrogens with zero attached hydrogens (tertiary/aromatic N) is 1. The van der Waals surface area contributed by atoms with Crippen LogP contribution in [0.3, 0.4) is 0 Å². The van der Waals surface area contributed by atoms with Gasteiger partial charge in [-0.25, -0.2) is 0 Å². The molecule has 0 bridgehead atoms. The van der Waals surface area contributed by atoms with Gasteiger partial charge in [-0.15, -0.1) is 0 Å². The lowest BCUT2D eigenvalue weighted by atomic mass is 9.90. The van der Waals surface area contributed by atoms with E-state index >= 15 is 0 Å². The standard InChI is InChI=1S/C18H28N2/c1-14(2)17-13-20(12-6-11-19-17)18-10-5-8-15-7-3-4-9-16(15)18/h5,8,10,14,17,19H,3-4,6-7,9,11-13H2,1-2H3. The summed E-state index contributed by atoms with van der Waals surface area (Å²) in [5.41, 5.74) is 4.77. The number of aryl methyl sites for hydroxylation is 1. The first kappa shape index (κ1) is 13.9. The van der Waals surface area contributed by atoms with E-state index in [2.05, 4.69) is 42.3 Å². The minimum atomic E-state index is 0.622. The average molecular weight is 272 g/mol. The molecule has 1 N–H and O–H groups in total. The number of fused-ring (bicyclic) bond motifs is 1. The third kappa shape index (κ3) is 2.85. The normalized spacial score (nSPS) is 23.6. The first-order valence-electron chi connectivity index (χ1n) is 8.35. The molecule has 3 rings (SSSR count). The SMILES string of the molecule is CC(C)C1CN(c2cccc3c2CCCC3)CCCN1. The summed E-state index contributed by atoms with van der Waals surface area (Å²) in [6.07, 6.45) is 6.55. The van der Waals surface area contributed by atoms with Crippen molar-refractivity contribution in [1.82, 2.24) is 5.32 Å². The van der Waals surface area contributed by atoms with E-state index in [1.165, 1.54) is 44.3 Å². The van der Waals surface area contributed by atoms with Crippen molar-refractivity contribution < 1.29 is 0 Å². The summed E-state index contributed by atoms with van der Waals surface area (Å²) in [6, 6.07) is 7.58. The van der Waals surface area contributed by atoms with Crippen LogP contribution in [-0.4, -0.2) is 25.7 Å². The van der Waals surface area contributed by atoms with Crippen LogP contribution in [0.25, 0.3) is 0 Å². The zero-order chi connectivity index (χ0) is 13.9. The molecule has 1 aromatic rings. The fourth-order valence-electron chi connectivity index (χ4n) is 3.67. The lowest BCUT2D eigenvalue weighted by Gasteiger charge is -2.32. The second kappa shape index (κ2) is 6.17. The molecule has 1 aromatic carbocycles. The molecule has 1 aliphatic heterocycles. The predicted molar refractivity (Wildman–Crippen MR) is 86.5 cm³/mol. The van der Waals surface area contributed by atoms with Gasteiger partial charge in [0.1, 0.15) is 0 Å². The van der Waals surface area contributed by atoms with Gasteiger partial charge in [0, 0.05) is 24.8 Å². The van der Waals surface area contributed by atoms with Gasteiger partial charge in [-0.2, -0.15) is 0 Å². The van der Waals surface area contributed by atoms with E-state index in [1.807, 2.05) is 0 Å². The Morgan fingerprint density at radius 2 is 2.00 bits per heavy atom. The van der Waals surface area contributed by atoms with Gasteiger partial charge in [-0.05, 0) is 61.8 Å². The maximum Gasteiger partial charge on any atom is 0.0402 e. The Morgan fingerprint density at radius 3 is 2.85 bits per heavy atom. The molecule has 2 nitrogen and oxygen atoms in total. The average Bonchev–Trinajstić information content (AvgIpc) is 2.72. The third-order valence-corrected chi connectivity index (χ3v) is 4.95. The van der Waals surface area contributed by atoms with Crippen molar-refractivity contribution in [2.75, 3.05) is 24.5 Å². The number of rotatable bonds is 2. The Labute approximate surface area is 123 Å². The quantitative estimate of drug-likeness (QED) is 0.888. The highest BCUT2D eigenvalue weighted by atomic mass is 15.2. The number of benzene rings is 1. The largest absolute Gasteiger partial charge is 0.370 e. The van der Waals surface area contributed by atoms with Crippen LogP contribution in [0, 0.1) is 5.92 Å². The van der Waals surface area contributed by atoms with Crippen molar-refractivity contribution in [2.24, 2.45) is 5.92 Å². The first-order chi connectivity index (χ1) is 9.75. The predicted octanol–water partition coefficient (Wildman–Crippen LogP) is 3.39. The van der Waals surface area contributed by atoms with Crippen LogP contribution < -0.4 is 10.2 Å². The van der Waals surface area contributed by atoms with Crippen LogP contribution in [0.2, 0.25) is 0 Å². The second-order valence-corrected chi connectivity index (χ2v) is 6.73. The highest BCUT2D eigenvalue weighted by Gasteiger charge is 2.23. The zero-order valence-corrected chi connectivity index (χ0v) is 13.0. The molecule has 2 heteroatoms. The van der Waals surface area contributed by atoms with Crippen LogP contribution in [-0.2, 0) is 12.8 Å². The Balaban J connectivity index is 1.87. The van der Waals surface area contributed by atoms with E-state index in [0.29, 0.717) is 12.0 Å². The highest BCUT2D eigenvalue weighted by molar-refractivity contribution is 5.58. The van der Waals surface area contributed by atoms with Crippen molar-refractivity contribution in [3.8, 4) is 0 Å². The lowest BCUT2D eigenvalue weighted by molar-refractivity contribution is 0.420. The fourth-order valence-corrected chi connectivity index (χ4v) is 3.67. The van der Waals surface area contributed by atoms with E-state index in [0.717, 1.165) is 13.1 Å². The van der Waals surface area contributed by atoms with Crippen molar-refractivity contribution in [3.05, 3.63) is 29.3 Å². The van der Waals surface area contributed by atoms with Gasteiger partial charge in [-0.3, -0.25) is 0 Å². The summed E-state index contributed by atoms with van der Waals surface area (Å²) in [5.74, 6) is 0.704. The molecule has 110 valence electrons. The molecule has 20 heavy (non-hydrogen) atoms. The molecular formula is C18H28N2. The number of anilines is 1. The minimum Gasteiger partial charge on any atom is -0.370 e. The van der Waals surface area contributed by atoms with Crippen LogP contribution in [0.5, 0.6) is 0 Å². The topological polar surface area (TPSA) is 15.3 Å². The van der Waals surface area contributed by atoms with Gasteiger partial charge in [0.25, 0.3) is 0 Å². The first-order valence-corrected chi connectivity index (χ1v) is 8.35. The summed E-state index contributed by atoms with van der Waals surface area (Å²) < 4.78 is 0. The fraction of sp³-hybridized carbons (Fsp3) is 0.667. The molecule has 1 unspecified atom stereocenters. The molecule has 0 aromatic heterocycles. The Kier molecular flexibility index (Phi) is 4.30. The number of hydrogen-bond acceptors (Lipinski definition) is 2. The molecule has 1 aliphatic carbocycles. The Morgan fingerprint density at radius 1 is 1.15 bits per heavy atom. The molecular weight excluding hydrogens is 244 g/mol. The van der Waals surface area contributed by atoms with E-state index in [1.54, 1.807) is 11.1 Å². The molecule has 1 heterocycles. The Hall–Kier alpha value is -1.02. The molecule has 0 saturated carbocycles. The van der Waals surface area contributed by atoms with Gasteiger partial charge in [-0.1, -0.05) is 26.0 Å². The molecule has 0 amide bonds. The van der Waals surface area contributed by atoms with Gasteiger partial charge in [0.15, 0.2) is 0 Å². The molecule has 1 fully saturated rings. The number of nitrogens with one attached hydrogen (secondary N) is 1. The molecule has 2 aliphatic rings. The lowest BCUT2D eigenvalue weighted by Crippen LogP contribution is -2.41. The van der Waals surface area contributed by atoms with Crippen molar-refractivity contribution >= 4 is 5.69 Å². The van der Waals surface area contributed by atoms with Gasteiger partial charge >= 0.3 is 0 Å². The highest BCUT2D eigenvalue weighted by Crippen LogP contribution is 2.31. The van der Waals surface area contributed by atoms with Crippen molar-refractivity contribution in [1.29, 1.82) is 0 Å². The summed E-state index contributed by atoms with van der Waals surface area (Å²) in [7, 11) is 0. The van der Waals surface area contributed by atoms with Gasteiger partial charge < -0.3 is 10.2 Å². The summed E-state index contributed by atoms with van der Waals surface area (Å²) >= 11 is 0. The third-order valence-electron chi connectivity index (χ3n) is 4.95. The van der Waals surface area contributed by atoms with E-state index in [-0.39, 0.29) is 0 Å². The summed E-state index contributed by atoms with van der Waals surface area (Å²) in [5, 5.41) is 3.72. The summed E-state index contributed by atoms with van der Waals surface area (Å²) in [4.78, 5) is 2.65. The Bertz CT molecular complexity index is 453. The van der Waals surface area contributed by atoms with E-state index < -0.39 is 0 Å². The van der Waals surface area contributed by atoms with Crippen LogP contribution in [0.4, 0.5) is 5.69 Å². The summed E-state index contributed by atoms with van der Waals surface area (Å²) in [6.45, 7) is 8.19.